The van der Waals surface area contributed by atoms with Gasteiger partial charge in [0, 0.05) is 19.0 Å². The van der Waals surface area contributed by atoms with Gasteiger partial charge in [0.25, 0.3) is 0 Å². The first-order valence-electron chi connectivity index (χ1n) is 9.11. The molecular formula is C21H22N4O2. The van der Waals surface area contributed by atoms with Gasteiger partial charge in [-0.25, -0.2) is 4.79 Å². The van der Waals surface area contributed by atoms with Gasteiger partial charge in [-0.15, -0.1) is 15.0 Å². The summed E-state index contributed by atoms with van der Waals surface area (Å²) < 4.78 is 0. The Kier molecular flexibility index (Phi) is 4.39. The Morgan fingerprint density at radius 1 is 1.11 bits per heavy atom. The van der Waals surface area contributed by atoms with Gasteiger partial charge in [0.1, 0.15) is 0 Å². The van der Waals surface area contributed by atoms with Gasteiger partial charge in [0.2, 0.25) is 5.69 Å². The molecule has 0 aliphatic carbocycles. The molecule has 1 N–H and O–H groups in total. The van der Waals surface area contributed by atoms with E-state index in [0.717, 1.165) is 36.3 Å². The zero-order valence-electron chi connectivity index (χ0n) is 15.5. The predicted octanol–water partition coefficient (Wildman–Crippen LogP) is 3.58. The molecule has 0 amide bonds. The van der Waals surface area contributed by atoms with Crippen molar-refractivity contribution in [3.8, 4) is 5.69 Å². The van der Waals surface area contributed by atoms with Crippen LogP contribution in [0.4, 0.5) is 5.82 Å². The van der Waals surface area contributed by atoms with Crippen molar-refractivity contribution in [1.29, 1.82) is 0 Å². The number of aromatic nitrogens is 3. The van der Waals surface area contributed by atoms with E-state index >= 15 is 0 Å². The van der Waals surface area contributed by atoms with Crippen molar-refractivity contribution >= 4 is 11.8 Å². The second-order valence-corrected chi connectivity index (χ2v) is 7.10. The van der Waals surface area contributed by atoms with Crippen LogP contribution in [0.15, 0.2) is 48.5 Å². The third-order valence-electron chi connectivity index (χ3n) is 5.14. The molecule has 2 heterocycles. The minimum atomic E-state index is -1.05. The Balaban J connectivity index is 1.68. The van der Waals surface area contributed by atoms with E-state index in [1.54, 1.807) is 0 Å². The highest BCUT2D eigenvalue weighted by molar-refractivity contribution is 5.91. The first-order valence-corrected chi connectivity index (χ1v) is 9.11. The number of carboxylic acid groups (broad SMARTS) is 1. The average Bonchev–Trinajstić information content (AvgIpc) is 3.31. The molecule has 6 heteroatoms. The van der Waals surface area contributed by atoms with Crippen LogP contribution in [0, 0.1) is 13.8 Å². The molecule has 1 aliphatic rings. The van der Waals surface area contributed by atoms with Gasteiger partial charge in [0.15, 0.2) is 5.82 Å². The number of hydrogen-bond acceptors (Lipinski definition) is 4. The highest BCUT2D eigenvalue weighted by atomic mass is 16.4. The molecule has 2 aromatic carbocycles. The molecule has 1 saturated heterocycles. The van der Waals surface area contributed by atoms with Crippen LogP contribution in [-0.2, 0) is 0 Å². The molecule has 3 aromatic rings. The summed E-state index contributed by atoms with van der Waals surface area (Å²) >= 11 is 0. The Morgan fingerprint density at radius 3 is 2.63 bits per heavy atom. The van der Waals surface area contributed by atoms with Crippen molar-refractivity contribution in [2.24, 2.45) is 0 Å². The number of benzene rings is 2. The Morgan fingerprint density at radius 2 is 1.89 bits per heavy atom. The summed E-state index contributed by atoms with van der Waals surface area (Å²) in [6.07, 6.45) is 0.972. The van der Waals surface area contributed by atoms with E-state index in [-0.39, 0.29) is 5.69 Å². The van der Waals surface area contributed by atoms with Crippen LogP contribution >= 0.6 is 0 Å². The summed E-state index contributed by atoms with van der Waals surface area (Å²) in [4.78, 5) is 15.3. The van der Waals surface area contributed by atoms with Crippen molar-refractivity contribution in [1.82, 2.24) is 15.0 Å². The average molecular weight is 362 g/mol. The largest absolute Gasteiger partial charge is 0.476 e. The molecule has 1 aliphatic heterocycles. The van der Waals surface area contributed by atoms with Gasteiger partial charge in [-0.05, 0) is 43.0 Å². The summed E-state index contributed by atoms with van der Waals surface area (Å²) in [7, 11) is 0. The molecule has 1 aromatic heterocycles. The van der Waals surface area contributed by atoms with Gasteiger partial charge in [-0.3, -0.25) is 0 Å². The molecule has 4 rings (SSSR count). The SMILES string of the molecule is Cc1ccc(C)c(-n2nc(C(=O)O)c(N3CC[C@H](c4ccccc4)C3)n2)c1. The predicted molar refractivity (Wildman–Crippen MR) is 104 cm³/mol. The standard InChI is InChI=1S/C21H22N4O2/c1-14-8-9-15(2)18(12-14)25-22-19(21(26)27)20(23-25)24-11-10-17(13-24)16-6-4-3-5-7-16/h3-9,12,17H,10-11,13H2,1-2H3,(H,26,27)/t17-/m0/s1. The maximum Gasteiger partial charge on any atom is 0.360 e. The molecular weight excluding hydrogens is 340 g/mol. The van der Waals surface area contributed by atoms with Gasteiger partial charge in [0.05, 0.1) is 5.69 Å². The highest BCUT2D eigenvalue weighted by Gasteiger charge is 2.30. The highest BCUT2D eigenvalue weighted by Crippen LogP contribution is 2.31. The van der Waals surface area contributed by atoms with E-state index in [1.165, 1.54) is 10.4 Å². The summed E-state index contributed by atoms with van der Waals surface area (Å²) in [5.41, 5.74) is 4.17. The van der Waals surface area contributed by atoms with E-state index in [0.29, 0.717) is 11.7 Å². The fourth-order valence-electron chi connectivity index (χ4n) is 3.64. The van der Waals surface area contributed by atoms with Crippen LogP contribution in [0.2, 0.25) is 0 Å². The fourth-order valence-corrected chi connectivity index (χ4v) is 3.64. The minimum Gasteiger partial charge on any atom is -0.476 e. The van der Waals surface area contributed by atoms with Gasteiger partial charge >= 0.3 is 5.97 Å². The number of anilines is 1. The number of nitrogens with zero attached hydrogens (tertiary/aromatic N) is 4. The van der Waals surface area contributed by atoms with E-state index < -0.39 is 5.97 Å². The van der Waals surface area contributed by atoms with Gasteiger partial charge in [-0.1, -0.05) is 42.5 Å². The van der Waals surface area contributed by atoms with Crippen LogP contribution in [0.25, 0.3) is 5.69 Å². The number of aromatic carboxylic acids is 1. The van der Waals surface area contributed by atoms with E-state index in [2.05, 4.69) is 22.3 Å². The van der Waals surface area contributed by atoms with E-state index in [1.807, 2.05) is 55.1 Å². The summed E-state index contributed by atoms with van der Waals surface area (Å²) in [6.45, 7) is 5.48. The number of carbonyl (C=O) groups is 1. The van der Waals surface area contributed by atoms with Crippen molar-refractivity contribution in [3.05, 3.63) is 70.9 Å². The van der Waals surface area contributed by atoms with Crippen molar-refractivity contribution in [3.63, 3.8) is 0 Å². The third-order valence-corrected chi connectivity index (χ3v) is 5.14. The second-order valence-electron chi connectivity index (χ2n) is 7.10. The first-order chi connectivity index (χ1) is 13.0. The molecule has 138 valence electrons. The first kappa shape index (κ1) is 17.3. The Labute approximate surface area is 158 Å². The Bertz CT molecular complexity index is 981. The maximum absolute atomic E-state index is 11.8. The molecule has 0 radical (unpaired) electrons. The summed E-state index contributed by atoms with van der Waals surface area (Å²) in [5.74, 6) is -0.231. The number of hydrogen-bond donors (Lipinski definition) is 1. The lowest BCUT2D eigenvalue weighted by molar-refractivity contribution is 0.0690. The number of rotatable bonds is 4. The lowest BCUT2D eigenvalue weighted by atomic mass is 9.99. The lowest BCUT2D eigenvalue weighted by Crippen LogP contribution is -2.22. The number of aryl methyl sites for hydroxylation is 2. The maximum atomic E-state index is 11.8. The molecule has 0 spiro atoms. The quantitative estimate of drug-likeness (QED) is 0.768. The second kappa shape index (κ2) is 6.87. The zero-order chi connectivity index (χ0) is 19.0. The normalized spacial score (nSPS) is 16.7. The van der Waals surface area contributed by atoms with Crippen LogP contribution in [0.3, 0.4) is 0 Å². The molecule has 0 saturated carbocycles. The fraction of sp³-hybridized carbons (Fsp3) is 0.286. The summed E-state index contributed by atoms with van der Waals surface area (Å²) in [5, 5.41) is 18.5. The van der Waals surface area contributed by atoms with E-state index in [9.17, 15) is 9.90 Å². The number of carboxylic acids is 1. The van der Waals surface area contributed by atoms with Crippen molar-refractivity contribution in [2.45, 2.75) is 26.2 Å². The monoisotopic (exact) mass is 362 g/mol. The van der Waals surface area contributed by atoms with Gasteiger partial charge in [-0.2, -0.15) is 0 Å². The molecule has 1 fully saturated rings. The molecule has 27 heavy (non-hydrogen) atoms. The molecule has 1 atom stereocenters. The van der Waals surface area contributed by atoms with Crippen molar-refractivity contribution in [2.75, 3.05) is 18.0 Å². The smallest absolute Gasteiger partial charge is 0.360 e. The molecule has 0 unspecified atom stereocenters. The van der Waals surface area contributed by atoms with Crippen LogP contribution in [0.1, 0.15) is 39.5 Å². The van der Waals surface area contributed by atoms with Crippen molar-refractivity contribution < 1.29 is 9.90 Å². The zero-order valence-corrected chi connectivity index (χ0v) is 15.5. The minimum absolute atomic E-state index is 0.00428. The third kappa shape index (κ3) is 3.30. The Hall–Kier alpha value is -3.15. The molecule has 6 nitrogen and oxygen atoms in total. The summed E-state index contributed by atoms with van der Waals surface area (Å²) in [6, 6.07) is 16.3. The van der Waals surface area contributed by atoms with Crippen LogP contribution < -0.4 is 4.90 Å². The molecule has 0 bridgehead atoms. The van der Waals surface area contributed by atoms with Gasteiger partial charge < -0.3 is 10.0 Å². The lowest BCUT2D eigenvalue weighted by Gasteiger charge is -2.16. The van der Waals surface area contributed by atoms with E-state index in [4.69, 9.17) is 0 Å². The van der Waals surface area contributed by atoms with Crippen LogP contribution in [0.5, 0.6) is 0 Å². The van der Waals surface area contributed by atoms with Crippen LogP contribution in [-0.4, -0.2) is 39.2 Å². The topological polar surface area (TPSA) is 71.2 Å².